The smallest absolute Gasteiger partial charge is 1.00 e. The van der Waals surface area contributed by atoms with Crippen LogP contribution >= 0.6 is 24.8 Å². The van der Waals surface area contributed by atoms with Crippen molar-refractivity contribution in [2.24, 2.45) is 0 Å². The Morgan fingerprint density at radius 1 is 0.312 bits per heavy atom. The monoisotopic (exact) mass is 356 g/mol. The van der Waals surface area contributed by atoms with Crippen LogP contribution in [0.4, 0.5) is 0 Å². The molecule has 0 saturated heterocycles. The van der Waals surface area contributed by atoms with Crippen molar-refractivity contribution >= 4 is 85.6 Å². The van der Waals surface area contributed by atoms with Crippen LogP contribution in [0.2, 0.25) is 0 Å². The summed E-state index contributed by atoms with van der Waals surface area (Å²) in [6.07, 6.45) is 0. The van der Waals surface area contributed by atoms with Crippen LogP contribution in [0.5, 0.6) is 0 Å². The van der Waals surface area contributed by atoms with Crippen molar-refractivity contribution in [2.45, 2.75) is 0 Å². The van der Waals surface area contributed by atoms with E-state index in [4.69, 9.17) is 0 Å². The van der Waals surface area contributed by atoms with Gasteiger partial charge in [-0.05, 0) is 0 Å². The number of hydrogen-bond acceptors (Lipinski definition) is 0. The zero-order valence-corrected chi connectivity index (χ0v) is 13.5. The molecule has 16 heavy (non-hydrogen) atoms. The zero-order valence-electron chi connectivity index (χ0n) is 12.2. The van der Waals surface area contributed by atoms with E-state index in [0.29, 0.717) is 0 Å². The van der Waals surface area contributed by atoms with Crippen molar-refractivity contribution in [1.29, 1.82) is 0 Å². The van der Waals surface area contributed by atoms with Crippen LogP contribution in [0.1, 0.15) is 5.71 Å². The summed E-state index contributed by atoms with van der Waals surface area (Å²) >= 11 is 0. The molecular formula is H30CaCl2MgO12. The molecule has 0 atom stereocenters. The average Bonchev–Trinajstić information content (AvgIpc) is 0. The quantitative estimate of drug-likeness (QED) is 0.364. The molecule has 0 aromatic carbocycles. The van der Waals surface area contributed by atoms with Gasteiger partial charge in [-0.3, -0.25) is 0 Å². The van der Waals surface area contributed by atoms with Crippen molar-refractivity contribution in [3.05, 3.63) is 0 Å². The Labute approximate surface area is 156 Å². The van der Waals surface area contributed by atoms with E-state index in [9.17, 15) is 0 Å². The second-order valence-electron chi connectivity index (χ2n) is 0. The molecule has 12 nitrogen and oxygen atoms in total. The van der Waals surface area contributed by atoms with Crippen molar-refractivity contribution in [2.75, 3.05) is 0 Å². The number of rotatable bonds is 0. The van der Waals surface area contributed by atoms with Crippen LogP contribution in [-0.4, -0.2) is 127 Å². The van der Waals surface area contributed by atoms with Crippen LogP contribution in [0.3, 0.4) is 0 Å². The van der Waals surface area contributed by atoms with Crippen molar-refractivity contribution < 1.29 is 71.4 Å². The van der Waals surface area contributed by atoms with Gasteiger partial charge in [0, 0.05) is 0 Å². The van der Waals surface area contributed by atoms with E-state index in [2.05, 4.69) is 0 Å². The van der Waals surface area contributed by atoms with Crippen LogP contribution in [0.25, 0.3) is 0 Å². The third-order valence-electron chi connectivity index (χ3n) is 0. The first-order valence-corrected chi connectivity index (χ1v) is 0. The zero-order chi connectivity index (χ0) is 0. The summed E-state index contributed by atoms with van der Waals surface area (Å²) in [7, 11) is 0. The van der Waals surface area contributed by atoms with Gasteiger partial charge in [-0.1, -0.05) is 0 Å². The fourth-order valence-electron chi connectivity index (χ4n) is 0. The van der Waals surface area contributed by atoms with Gasteiger partial charge in [0.2, 0.25) is 0 Å². The predicted molar refractivity (Wildman–Crippen MR) is 73.8 cm³/mol. The van der Waals surface area contributed by atoms with Gasteiger partial charge in [-0.25, -0.2) is 0 Å². The van der Waals surface area contributed by atoms with Gasteiger partial charge in [0.1, 0.15) is 0 Å². The molecule has 0 heterocycles. The van der Waals surface area contributed by atoms with Crippen molar-refractivity contribution in [1.82, 2.24) is 0 Å². The Morgan fingerprint density at radius 2 is 0.312 bits per heavy atom. The summed E-state index contributed by atoms with van der Waals surface area (Å²) < 4.78 is 0. The Kier molecular flexibility index (Phi) is 72400. The predicted octanol–water partition coefficient (Wildman–Crippen LogP) is -9.36. The van der Waals surface area contributed by atoms with Gasteiger partial charge >= 0.3 is 60.8 Å². The fourth-order valence-corrected chi connectivity index (χ4v) is 0. The summed E-state index contributed by atoms with van der Waals surface area (Å²) in [5.74, 6) is 0. The van der Waals surface area contributed by atoms with Gasteiger partial charge in [0.25, 0.3) is 0 Å². The summed E-state index contributed by atoms with van der Waals surface area (Å²) in [5, 5.41) is 0. The molecule has 0 aliphatic heterocycles. The van der Waals surface area contributed by atoms with Crippen molar-refractivity contribution in [3.63, 3.8) is 0 Å². The molecule has 0 amide bonds. The van der Waals surface area contributed by atoms with Crippen molar-refractivity contribution in [3.8, 4) is 0 Å². The van der Waals surface area contributed by atoms with E-state index in [1.54, 1.807) is 0 Å². The van der Waals surface area contributed by atoms with E-state index < -0.39 is 0 Å². The van der Waals surface area contributed by atoms with E-state index >= 15 is 0 Å². The molecule has 0 aliphatic rings. The Hall–Kier alpha value is 2.13. The summed E-state index contributed by atoms with van der Waals surface area (Å²) in [6.45, 7) is 0. The molecule has 0 aromatic rings. The standard InChI is InChI=1S/Ca.2ClH.Mg.12H2O.4H/h;2*1H;;12*1H2;;;;/q+2;;;+2;;;;;;;;;;;;;4*-1. The third-order valence-corrected chi connectivity index (χ3v) is 0. The third kappa shape index (κ3) is 816. The van der Waals surface area contributed by atoms with Crippen LogP contribution < -0.4 is 0 Å². The molecule has 0 radical (unpaired) electrons. The normalized spacial score (nSPS) is 0. The first kappa shape index (κ1) is 1180. The maximum Gasteiger partial charge on any atom is 2.00 e. The summed E-state index contributed by atoms with van der Waals surface area (Å²) in [6, 6.07) is 0. The minimum absolute atomic E-state index is 0. The molecule has 0 saturated carbocycles. The average molecular weight is 358 g/mol. The molecule has 0 rings (SSSR count). The summed E-state index contributed by atoms with van der Waals surface area (Å²) in [5.41, 5.74) is 0. The summed E-state index contributed by atoms with van der Waals surface area (Å²) in [4.78, 5) is 0. The molecule has 16 heteroatoms. The largest absolute Gasteiger partial charge is 2.00 e. The van der Waals surface area contributed by atoms with Gasteiger partial charge in [-0.2, -0.15) is 0 Å². The van der Waals surface area contributed by atoms with Gasteiger partial charge < -0.3 is 71.4 Å². The maximum absolute atomic E-state index is 0. The first-order valence-electron chi connectivity index (χ1n) is 0. The van der Waals surface area contributed by atoms with Gasteiger partial charge in [0.15, 0.2) is 0 Å². The molecule has 120 valence electrons. The Balaban J connectivity index is 0. The van der Waals surface area contributed by atoms with E-state index in [-0.39, 0.29) is 157 Å². The van der Waals surface area contributed by atoms with E-state index in [0.717, 1.165) is 0 Å². The second kappa shape index (κ2) is 985. The van der Waals surface area contributed by atoms with E-state index in [1.807, 2.05) is 0 Å². The molecule has 0 unspecified atom stereocenters. The number of halogens is 2. The minimum atomic E-state index is 0. The second-order valence-corrected chi connectivity index (χ2v) is 0. The van der Waals surface area contributed by atoms with Crippen LogP contribution in [0.15, 0.2) is 0 Å². The Bertz CT molecular complexity index is 33.4. The molecule has 0 fully saturated rings. The molecule has 0 spiro atoms. The molecular weight excluding hydrogens is 327 g/mol. The Morgan fingerprint density at radius 3 is 0.312 bits per heavy atom. The van der Waals surface area contributed by atoms with Gasteiger partial charge in [-0.15, -0.1) is 24.8 Å². The maximum atomic E-state index is 0. The molecule has 24 N–H and O–H groups in total. The molecule has 0 aliphatic carbocycles. The first-order chi connectivity index (χ1) is 0. The minimum Gasteiger partial charge on any atom is -1.00 e. The van der Waals surface area contributed by atoms with Crippen LogP contribution in [-0.2, 0) is 0 Å². The van der Waals surface area contributed by atoms with E-state index in [1.165, 1.54) is 0 Å². The molecule has 0 bridgehead atoms. The fraction of sp³-hybridized carbons (Fsp3) is 0. The van der Waals surface area contributed by atoms with Gasteiger partial charge in [0.05, 0.1) is 0 Å². The van der Waals surface area contributed by atoms with Crippen LogP contribution in [0, 0.1) is 0 Å². The SMILES string of the molecule is Cl.Cl.O.O.O.O.O.O.O.O.O.O.O.O.[Ca+2].[H-].[H-].[H-].[H-].[Mg+2]. The number of hydrogen-bond donors (Lipinski definition) is 0. The molecule has 0 aromatic heterocycles. The topological polar surface area (TPSA) is 378 Å².